The highest BCUT2D eigenvalue weighted by Crippen LogP contribution is 2.30. The molecule has 1 aromatic rings. The van der Waals surface area contributed by atoms with Crippen molar-refractivity contribution in [3.05, 3.63) is 24.3 Å². The van der Waals surface area contributed by atoms with Crippen LogP contribution in [0.5, 0.6) is 5.75 Å². The SMILES string of the molecule is CCCOc1ccccc1NC1CCOC(C)(C)C1. The molecule has 0 aromatic heterocycles. The molecule has 1 aliphatic heterocycles. The summed E-state index contributed by atoms with van der Waals surface area (Å²) < 4.78 is 11.5. The molecule has 0 radical (unpaired) electrons. The molecule has 0 aliphatic carbocycles. The highest BCUT2D eigenvalue weighted by atomic mass is 16.5. The van der Waals surface area contributed by atoms with Gasteiger partial charge < -0.3 is 14.8 Å². The zero-order valence-corrected chi connectivity index (χ0v) is 12.2. The van der Waals surface area contributed by atoms with E-state index in [-0.39, 0.29) is 5.60 Å². The molecule has 1 aromatic carbocycles. The number of hydrogen-bond donors (Lipinski definition) is 1. The van der Waals surface area contributed by atoms with Gasteiger partial charge in [0.25, 0.3) is 0 Å². The first-order chi connectivity index (χ1) is 9.11. The molecule has 3 nitrogen and oxygen atoms in total. The van der Waals surface area contributed by atoms with Gasteiger partial charge in [0.05, 0.1) is 17.9 Å². The summed E-state index contributed by atoms with van der Waals surface area (Å²) in [6, 6.07) is 8.64. The van der Waals surface area contributed by atoms with Crippen molar-refractivity contribution in [2.75, 3.05) is 18.5 Å². The molecule has 1 aliphatic rings. The third kappa shape index (κ3) is 4.13. The van der Waals surface area contributed by atoms with Crippen LogP contribution in [0.2, 0.25) is 0 Å². The number of benzene rings is 1. The van der Waals surface area contributed by atoms with E-state index in [1.165, 1.54) is 0 Å². The number of rotatable bonds is 5. The Morgan fingerprint density at radius 1 is 1.37 bits per heavy atom. The van der Waals surface area contributed by atoms with Crippen molar-refractivity contribution < 1.29 is 9.47 Å². The molecular formula is C16H25NO2. The smallest absolute Gasteiger partial charge is 0.142 e. The fourth-order valence-corrected chi connectivity index (χ4v) is 2.50. The zero-order valence-electron chi connectivity index (χ0n) is 12.2. The van der Waals surface area contributed by atoms with Crippen molar-refractivity contribution >= 4 is 5.69 Å². The lowest BCUT2D eigenvalue weighted by Gasteiger charge is -2.36. The summed E-state index contributed by atoms with van der Waals surface area (Å²) in [6.07, 6.45) is 3.10. The fourth-order valence-electron chi connectivity index (χ4n) is 2.50. The monoisotopic (exact) mass is 263 g/mol. The normalized spacial score (nSPS) is 21.9. The van der Waals surface area contributed by atoms with Crippen LogP contribution < -0.4 is 10.1 Å². The van der Waals surface area contributed by atoms with Crippen LogP contribution in [0, 0.1) is 0 Å². The summed E-state index contributed by atoms with van der Waals surface area (Å²) in [7, 11) is 0. The number of hydrogen-bond acceptors (Lipinski definition) is 3. The molecule has 0 saturated carbocycles. The van der Waals surface area contributed by atoms with Gasteiger partial charge in [-0.3, -0.25) is 0 Å². The second-order valence-corrected chi connectivity index (χ2v) is 5.79. The van der Waals surface area contributed by atoms with Gasteiger partial charge >= 0.3 is 0 Å². The van der Waals surface area contributed by atoms with Gasteiger partial charge in [-0.15, -0.1) is 0 Å². The zero-order chi connectivity index (χ0) is 13.7. The molecule has 1 unspecified atom stereocenters. The molecular weight excluding hydrogens is 238 g/mol. The topological polar surface area (TPSA) is 30.5 Å². The Labute approximate surface area is 116 Å². The van der Waals surface area contributed by atoms with E-state index < -0.39 is 0 Å². The van der Waals surface area contributed by atoms with Crippen molar-refractivity contribution in [2.45, 2.75) is 51.7 Å². The summed E-state index contributed by atoms with van der Waals surface area (Å²) >= 11 is 0. The lowest BCUT2D eigenvalue weighted by molar-refractivity contribution is -0.0553. The summed E-state index contributed by atoms with van der Waals surface area (Å²) in [5, 5.41) is 3.61. The van der Waals surface area contributed by atoms with E-state index >= 15 is 0 Å². The average molecular weight is 263 g/mol. The third-order valence-corrected chi connectivity index (χ3v) is 3.41. The lowest BCUT2D eigenvalue weighted by atomic mass is 9.94. The Hall–Kier alpha value is -1.22. The predicted molar refractivity (Wildman–Crippen MR) is 78.9 cm³/mol. The molecule has 0 amide bonds. The van der Waals surface area contributed by atoms with Crippen LogP contribution in [-0.2, 0) is 4.74 Å². The van der Waals surface area contributed by atoms with E-state index in [0.29, 0.717) is 6.04 Å². The van der Waals surface area contributed by atoms with Crippen LogP contribution in [0.3, 0.4) is 0 Å². The van der Waals surface area contributed by atoms with Gasteiger partial charge in [0.2, 0.25) is 0 Å². The minimum absolute atomic E-state index is 0.0326. The average Bonchev–Trinajstić information content (AvgIpc) is 2.36. The molecule has 1 N–H and O–H groups in total. The maximum atomic E-state index is 5.79. The standard InChI is InChI=1S/C16H25NO2/c1-4-10-18-15-8-6-5-7-14(15)17-13-9-11-19-16(2,3)12-13/h5-8,13,17H,4,9-12H2,1-3H3. The van der Waals surface area contributed by atoms with Crippen molar-refractivity contribution in [1.82, 2.24) is 0 Å². The highest BCUT2D eigenvalue weighted by molar-refractivity contribution is 5.56. The van der Waals surface area contributed by atoms with Crippen LogP contribution in [0.1, 0.15) is 40.0 Å². The van der Waals surface area contributed by atoms with E-state index in [9.17, 15) is 0 Å². The Morgan fingerprint density at radius 3 is 2.89 bits per heavy atom. The molecule has 1 fully saturated rings. The Bertz CT molecular complexity index is 403. The van der Waals surface area contributed by atoms with E-state index in [1.807, 2.05) is 18.2 Å². The maximum absolute atomic E-state index is 5.79. The Balaban J connectivity index is 2.02. The first-order valence-electron chi connectivity index (χ1n) is 7.23. The van der Waals surface area contributed by atoms with Gasteiger partial charge in [0.1, 0.15) is 5.75 Å². The second-order valence-electron chi connectivity index (χ2n) is 5.79. The van der Waals surface area contributed by atoms with E-state index in [1.54, 1.807) is 0 Å². The molecule has 0 bridgehead atoms. The maximum Gasteiger partial charge on any atom is 0.142 e. The Morgan fingerprint density at radius 2 is 2.16 bits per heavy atom. The minimum Gasteiger partial charge on any atom is -0.491 e. The van der Waals surface area contributed by atoms with Crippen molar-refractivity contribution in [2.24, 2.45) is 0 Å². The van der Waals surface area contributed by atoms with Gasteiger partial charge in [-0.25, -0.2) is 0 Å². The summed E-state index contributed by atoms with van der Waals surface area (Å²) in [4.78, 5) is 0. The lowest BCUT2D eigenvalue weighted by Crippen LogP contribution is -2.40. The van der Waals surface area contributed by atoms with Gasteiger partial charge in [0, 0.05) is 12.6 Å². The predicted octanol–water partition coefficient (Wildman–Crippen LogP) is 3.84. The highest BCUT2D eigenvalue weighted by Gasteiger charge is 2.29. The van der Waals surface area contributed by atoms with Crippen LogP contribution >= 0.6 is 0 Å². The number of anilines is 1. The number of nitrogens with one attached hydrogen (secondary N) is 1. The van der Waals surface area contributed by atoms with Crippen molar-refractivity contribution in [1.29, 1.82) is 0 Å². The van der Waals surface area contributed by atoms with Gasteiger partial charge in [0.15, 0.2) is 0 Å². The molecule has 106 valence electrons. The van der Waals surface area contributed by atoms with Crippen LogP contribution in [-0.4, -0.2) is 24.9 Å². The van der Waals surface area contributed by atoms with Gasteiger partial charge in [-0.2, -0.15) is 0 Å². The van der Waals surface area contributed by atoms with Crippen molar-refractivity contribution in [3.8, 4) is 5.75 Å². The molecule has 0 spiro atoms. The third-order valence-electron chi connectivity index (χ3n) is 3.41. The van der Waals surface area contributed by atoms with E-state index in [0.717, 1.165) is 43.9 Å². The number of para-hydroxylation sites is 2. The molecule has 1 heterocycles. The molecule has 19 heavy (non-hydrogen) atoms. The first kappa shape index (κ1) is 14.2. The van der Waals surface area contributed by atoms with Crippen LogP contribution in [0.4, 0.5) is 5.69 Å². The Kier molecular flexibility index (Phi) is 4.70. The van der Waals surface area contributed by atoms with Gasteiger partial charge in [-0.1, -0.05) is 19.1 Å². The largest absolute Gasteiger partial charge is 0.491 e. The van der Waals surface area contributed by atoms with Crippen LogP contribution in [0.15, 0.2) is 24.3 Å². The molecule has 1 atom stereocenters. The minimum atomic E-state index is -0.0326. The first-order valence-corrected chi connectivity index (χ1v) is 7.23. The molecule has 3 heteroatoms. The quantitative estimate of drug-likeness (QED) is 0.875. The van der Waals surface area contributed by atoms with Gasteiger partial charge in [-0.05, 0) is 45.2 Å². The second kappa shape index (κ2) is 6.29. The summed E-state index contributed by atoms with van der Waals surface area (Å²) in [5.74, 6) is 0.952. The molecule has 1 saturated heterocycles. The van der Waals surface area contributed by atoms with E-state index in [2.05, 4.69) is 32.2 Å². The summed E-state index contributed by atoms with van der Waals surface area (Å²) in [6.45, 7) is 8.01. The van der Waals surface area contributed by atoms with Crippen LogP contribution in [0.25, 0.3) is 0 Å². The molecule has 2 rings (SSSR count). The van der Waals surface area contributed by atoms with E-state index in [4.69, 9.17) is 9.47 Å². The fraction of sp³-hybridized carbons (Fsp3) is 0.625. The van der Waals surface area contributed by atoms with Crippen molar-refractivity contribution in [3.63, 3.8) is 0 Å². The number of ether oxygens (including phenoxy) is 2. The summed E-state index contributed by atoms with van der Waals surface area (Å²) in [5.41, 5.74) is 1.06.